The van der Waals surface area contributed by atoms with Gasteiger partial charge < -0.3 is 19.8 Å². The van der Waals surface area contributed by atoms with E-state index >= 15 is 0 Å². The zero-order valence-corrected chi connectivity index (χ0v) is 15.6. The lowest BCUT2D eigenvalue weighted by Gasteiger charge is -2.39. The summed E-state index contributed by atoms with van der Waals surface area (Å²) in [7, 11) is 1.97. The molecule has 1 aromatic heterocycles. The first-order valence-electron chi connectivity index (χ1n) is 9.50. The maximum absolute atomic E-state index is 12.9. The molecule has 1 saturated heterocycles. The van der Waals surface area contributed by atoms with Gasteiger partial charge in [-0.25, -0.2) is 0 Å². The Morgan fingerprint density at radius 3 is 2.78 bits per heavy atom. The van der Waals surface area contributed by atoms with E-state index in [1.54, 1.807) is 6.07 Å². The lowest BCUT2D eigenvalue weighted by Crippen LogP contribution is -2.56. The van der Waals surface area contributed by atoms with Gasteiger partial charge in [0.25, 0.3) is 0 Å². The third kappa shape index (κ3) is 3.44. The second kappa shape index (κ2) is 7.32. The minimum atomic E-state index is -0.318. The van der Waals surface area contributed by atoms with Crippen LogP contribution in [0.3, 0.4) is 0 Å². The summed E-state index contributed by atoms with van der Waals surface area (Å²) in [5, 5.41) is 16.6. The molecular formula is C20H26N4O3. The van der Waals surface area contributed by atoms with E-state index in [2.05, 4.69) is 32.4 Å². The molecule has 1 atom stereocenters. The van der Waals surface area contributed by atoms with Gasteiger partial charge in [-0.15, -0.1) is 0 Å². The summed E-state index contributed by atoms with van der Waals surface area (Å²) in [6, 6.07) is 11.6. The Balaban J connectivity index is 1.43. The van der Waals surface area contributed by atoms with E-state index in [9.17, 15) is 9.90 Å². The van der Waals surface area contributed by atoms with E-state index < -0.39 is 0 Å². The Morgan fingerprint density at radius 1 is 1.33 bits per heavy atom. The molecule has 1 saturated carbocycles. The molecule has 27 heavy (non-hydrogen) atoms. The molecule has 4 rings (SSSR count). The second-order valence-electron chi connectivity index (χ2n) is 7.64. The predicted octanol–water partition coefficient (Wildman–Crippen LogP) is 1.85. The zero-order valence-electron chi connectivity index (χ0n) is 15.6. The molecule has 1 amide bonds. The van der Waals surface area contributed by atoms with Gasteiger partial charge in [0.05, 0.1) is 12.0 Å². The third-order valence-electron chi connectivity index (χ3n) is 5.97. The largest absolute Gasteiger partial charge is 0.395 e. The lowest BCUT2D eigenvalue weighted by molar-refractivity contribution is -0.121. The number of piperazine rings is 1. The fourth-order valence-electron chi connectivity index (χ4n) is 3.91. The molecule has 7 nitrogen and oxygen atoms in total. The van der Waals surface area contributed by atoms with Crippen LogP contribution in [0.5, 0.6) is 0 Å². The van der Waals surface area contributed by atoms with Gasteiger partial charge in [-0.05, 0) is 32.0 Å². The van der Waals surface area contributed by atoms with Crippen molar-refractivity contribution in [1.82, 2.24) is 10.1 Å². The number of para-hydroxylation sites is 1. The Kier molecular flexibility index (Phi) is 4.88. The normalized spacial score (nSPS) is 22.3. The Bertz CT molecular complexity index is 782. The van der Waals surface area contributed by atoms with Crippen molar-refractivity contribution in [3.63, 3.8) is 0 Å². The van der Waals surface area contributed by atoms with Gasteiger partial charge in [0.15, 0.2) is 5.82 Å². The number of anilines is 2. The summed E-state index contributed by atoms with van der Waals surface area (Å²) in [5.74, 6) is 0.985. The van der Waals surface area contributed by atoms with Crippen molar-refractivity contribution in [2.75, 3.05) is 43.5 Å². The zero-order chi connectivity index (χ0) is 18.9. The minimum absolute atomic E-state index is 0.0486. The highest BCUT2D eigenvalue weighted by Crippen LogP contribution is 2.43. The van der Waals surface area contributed by atoms with E-state index in [0.717, 1.165) is 38.0 Å². The van der Waals surface area contributed by atoms with Crippen LogP contribution in [0.4, 0.5) is 11.5 Å². The first kappa shape index (κ1) is 18.0. The van der Waals surface area contributed by atoms with Gasteiger partial charge in [0, 0.05) is 31.4 Å². The van der Waals surface area contributed by atoms with Gasteiger partial charge in [-0.3, -0.25) is 9.69 Å². The van der Waals surface area contributed by atoms with E-state index in [1.165, 1.54) is 0 Å². The van der Waals surface area contributed by atoms with Crippen LogP contribution >= 0.6 is 0 Å². The van der Waals surface area contributed by atoms with Crippen molar-refractivity contribution in [3.05, 3.63) is 42.2 Å². The first-order chi connectivity index (χ1) is 13.1. The SMILES string of the molecule is CN1CCN(c2ccccc2)CC1C(=O)Nc1cc(C2(CO)CCC2)on1. The highest BCUT2D eigenvalue weighted by molar-refractivity contribution is 5.94. The fourth-order valence-corrected chi connectivity index (χ4v) is 3.91. The van der Waals surface area contributed by atoms with Gasteiger partial charge in [0.1, 0.15) is 11.8 Å². The van der Waals surface area contributed by atoms with Crippen molar-refractivity contribution in [3.8, 4) is 0 Å². The van der Waals surface area contributed by atoms with E-state index in [1.807, 2.05) is 25.2 Å². The van der Waals surface area contributed by atoms with Gasteiger partial charge in [0.2, 0.25) is 5.91 Å². The van der Waals surface area contributed by atoms with Crippen LogP contribution < -0.4 is 10.2 Å². The van der Waals surface area contributed by atoms with Crippen molar-refractivity contribution < 1.29 is 14.4 Å². The first-order valence-corrected chi connectivity index (χ1v) is 9.50. The monoisotopic (exact) mass is 370 g/mol. The molecule has 1 aliphatic heterocycles. The number of likely N-dealkylation sites (N-methyl/N-ethyl adjacent to an activating group) is 1. The van der Waals surface area contributed by atoms with Crippen molar-refractivity contribution >= 4 is 17.4 Å². The summed E-state index contributed by atoms with van der Waals surface area (Å²) in [6.45, 7) is 2.37. The number of hydrogen-bond donors (Lipinski definition) is 2. The summed E-state index contributed by atoms with van der Waals surface area (Å²) in [4.78, 5) is 17.2. The van der Waals surface area contributed by atoms with Gasteiger partial charge >= 0.3 is 0 Å². The number of aromatic nitrogens is 1. The van der Waals surface area contributed by atoms with Crippen molar-refractivity contribution in [2.45, 2.75) is 30.7 Å². The molecule has 1 aliphatic carbocycles. The number of rotatable bonds is 5. The Labute approximate surface area is 158 Å². The number of amides is 1. The second-order valence-corrected chi connectivity index (χ2v) is 7.64. The standard InChI is InChI=1S/C20H26N4O3/c1-23-10-11-24(15-6-3-2-4-7-15)13-16(23)19(26)21-18-12-17(27-22-18)20(14-25)8-5-9-20/h2-4,6-7,12,16,25H,5,8-11,13-14H2,1H3,(H,21,22,26). The van der Waals surface area contributed by atoms with Crippen LogP contribution in [0.15, 0.2) is 40.9 Å². The Morgan fingerprint density at radius 2 is 2.11 bits per heavy atom. The highest BCUT2D eigenvalue weighted by atomic mass is 16.5. The summed E-state index contributed by atoms with van der Waals surface area (Å²) < 4.78 is 5.42. The topological polar surface area (TPSA) is 81.8 Å². The molecule has 144 valence electrons. The maximum atomic E-state index is 12.9. The molecule has 2 aromatic rings. The number of nitrogens with one attached hydrogen (secondary N) is 1. The van der Waals surface area contributed by atoms with Gasteiger partial charge in [-0.2, -0.15) is 0 Å². The molecule has 1 aromatic carbocycles. The average molecular weight is 370 g/mol. The lowest BCUT2D eigenvalue weighted by atomic mass is 9.68. The van der Waals surface area contributed by atoms with Crippen LogP contribution in [0, 0.1) is 0 Å². The van der Waals surface area contributed by atoms with Crippen LogP contribution in [0.1, 0.15) is 25.0 Å². The number of hydrogen-bond acceptors (Lipinski definition) is 6. The van der Waals surface area contributed by atoms with Crippen LogP contribution in [-0.2, 0) is 10.2 Å². The molecule has 2 N–H and O–H groups in total. The quantitative estimate of drug-likeness (QED) is 0.836. The number of carbonyl (C=O) groups is 1. The molecule has 1 unspecified atom stereocenters. The number of benzene rings is 1. The molecule has 2 fully saturated rings. The third-order valence-corrected chi connectivity index (χ3v) is 5.97. The minimum Gasteiger partial charge on any atom is -0.395 e. The maximum Gasteiger partial charge on any atom is 0.244 e. The van der Waals surface area contributed by atoms with E-state index in [4.69, 9.17) is 4.52 Å². The molecule has 7 heteroatoms. The molecule has 0 radical (unpaired) electrons. The van der Waals surface area contributed by atoms with Crippen LogP contribution in [0.25, 0.3) is 0 Å². The molecular weight excluding hydrogens is 344 g/mol. The average Bonchev–Trinajstić information content (AvgIpc) is 3.11. The van der Waals surface area contributed by atoms with E-state index in [-0.39, 0.29) is 24.0 Å². The summed E-state index contributed by atoms with van der Waals surface area (Å²) in [5.41, 5.74) is 0.809. The number of nitrogens with zero attached hydrogens (tertiary/aromatic N) is 3. The fraction of sp³-hybridized carbons (Fsp3) is 0.500. The smallest absolute Gasteiger partial charge is 0.244 e. The number of carbonyl (C=O) groups excluding carboxylic acids is 1. The summed E-state index contributed by atoms with van der Waals surface area (Å²) >= 11 is 0. The van der Waals surface area contributed by atoms with Crippen molar-refractivity contribution in [1.29, 1.82) is 0 Å². The van der Waals surface area contributed by atoms with Gasteiger partial charge in [-0.1, -0.05) is 29.8 Å². The number of aliphatic hydroxyl groups excluding tert-OH is 1. The van der Waals surface area contributed by atoms with E-state index in [0.29, 0.717) is 18.1 Å². The Hall–Kier alpha value is -2.38. The molecule has 2 aliphatic rings. The number of aliphatic hydroxyl groups is 1. The molecule has 0 bridgehead atoms. The van der Waals surface area contributed by atoms with Crippen molar-refractivity contribution in [2.24, 2.45) is 0 Å². The summed E-state index contributed by atoms with van der Waals surface area (Å²) in [6.07, 6.45) is 2.86. The molecule has 0 spiro atoms. The highest BCUT2D eigenvalue weighted by Gasteiger charge is 2.42. The predicted molar refractivity (Wildman–Crippen MR) is 103 cm³/mol. The van der Waals surface area contributed by atoms with Crippen LogP contribution in [-0.4, -0.2) is 60.4 Å². The molecule has 2 heterocycles. The van der Waals surface area contributed by atoms with Crippen LogP contribution in [0.2, 0.25) is 0 Å².